The third kappa shape index (κ3) is 2.90. The molecule has 1 saturated heterocycles. The molecule has 1 aliphatic heterocycles. The summed E-state index contributed by atoms with van der Waals surface area (Å²) in [7, 11) is -3.18. The Kier molecular flexibility index (Phi) is 3.90. The lowest BCUT2D eigenvalue weighted by Gasteiger charge is -2.13. The molecule has 112 valence electrons. The van der Waals surface area contributed by atoms with Gasteiger partial charge in [0, 0.05) is 10.1 Å². The number of hydrogen-bond donors (Lipinski definition) is 1. The molecule has 1 amide bonds. The lowest BCUT2D eigenvalue weighted by Crippen LogP contribution is -2.40. The zero-order valence-electron chi connectivity index (χ0n) is 10.7. The van der Waals surface area contributed by atoms with Crippen LogP contribution in [-0.2, 0) is 9.84 Å². The zero-order chi connectivity index (χ0) is 15.2. The number of rotatable bonds is 2. The molecule has 1 N–H and O–H groups in total. The summed E-state index contributed by atoms with van der Waals surface area (Å²) in [4.78, 5) is 12.7. The molecule has 0 spiro atoms. The molecule has 0 saturated carbocycles. The van der Waals surface area contributed by atoms with Crippen molar-refractivity contribution in [2.75, 3.05) is 11.5 Å². The summed E-state index contributed by atoms with van der Waals surface area (Å²) >= 11 is 13.5. The van der Waals surface area contributed by atoms with Gasteiger partial charge in [0.05, 0.1) is 27.9 Å². The summed E-state index contributed by atoms with van der Waals surface area (Å²) in [6.07, 6.45) is 0. The highest BCUT2D eigenvalue weighted by molar-refractivity contribution is 7.91. The first kappa shape index (κ1) is 15.1. The van der Waals surface area contributed by atoms with Crippen LogP contribution in [0.5, 0.6) is 0 Å². The summed E-state index contributed by atoms with van der Waals surface area (Å²) in [5.41, 5.74) is 0. The summed E-state index contributed by atoms with van der Waals surface area (Å²) in [5.74, 6) is -0.622. The van der Waals surface area contributed by atoms with Crippen LogP contribution >= 0.6 is 34.5 Å². The number of carbonyl (C=O) groups excluding carboxylic acids is 1. The van der Waals surface area contributed by atoms with E-state index >= 15 is 0 Å². The second-order valence-corrected chi connectivity index (χ2v) is 9.06. The normalized spacial score (nSPS) is 24.3. The van der Waals surface area contributed by atoms with Crippen LogP contribution in [0.25, 0.3) is 10.1 Å². The lowest BCUT2D eigenvalue weighted by molar-refractivity contribution is 0.0946. The molecule has 1 aromatic heterocycles. The monoisotopic (exact) mass is 363 g/mol. The molecule has 1 aromatic carbocycles. The third-order valence-corrected chi connectivity index (χ3v) is 7.39. The van der Waals surface area contributed by atoms with Gasteiger partial charge in [-0.15, -0.1) is 22.9 Å². The van der Waals surface area contributed by atoms with Gasteiger partial charge in [0.2, 0.25) is 0 Å². The van der Waals surface area contributed by atoms with Crippen molar-refractivity contribution in [3.8, 4) is 0 Å². The van der Waals surface area contributed by atoms with E-state index in [2.05, 4.69) is 5.32 Å². The van der Waals surface area contributed by atoms with E-state index in [-0.39, 0.29) is 17.4 Å². The number of fused-ring (bicyclic) bond motifs is 1. The minimum atomic E-state index is -3.18. The number of alkyl halides is 1. The minimum Gasteiger partial charge on any atom is -0.346 e. The third-order valence-electron chi connectivity index (χ3n) is 3.34. The molecule has 0 bridgehead atoms. The van der Waals surface area contributed by atoms with E-state index in [1.54, 1.807) is 0 Å². The summed E-state index contributed by atoms with van der Waals surface area (Å²) < 4.78 is 23.9. The van der Waals surface area contributed by atoms with E-state index in [0.29, 0.717) is 9.90 Å². The highest BCUT2D eigenvalue weighted by atomic mass is 35.5. The molecule has 21 heavy (non-hydrogen) atoms. The van der Waals surface area contributed by atoms with Crippen LogP contribution in [0.4, 0.5) is 0 Å². The number of thiophene rings is 1. The standard InChI is InChI=1S/C13H11Cl2NO3S2/c14-8-5-21(18,19)6-9(8)16-13(17)12-11(15)7-3-1-2-4-10(7)20-12/h1-4,8-9H,5-6H2,(H,16,17). The molecule has 2 unspecified atom stereocenters. The van der Waals surface area contributed by atoms with Crippen molar-refractivity contribution in [2.45, 2.75) is 11.4 Å². The molecule has 2 heterocycles. The van der Waals surface area contributed by atoms with E-state index in [9.17, 15) is 13.2 Å². The molecule has 4 nitrogen and oxygen atoms in total. The fourth-order valence-electron chi connectivity index (χ4n) is 2.33. The van der Waals surface area contributed by atoms with Gasteiger partial charge >= 0.3 is 0 Å². The molecule has 0 radical (unpaired) electrons. The summed E-state index contributed by atoms with van der Waals surface area (Å²) in [6.45, 7) is 0. The highest BCUT2D eigenvalue weighted by Gasteiger charge is 2.37. The number of nitrogens with one attached hydrogen (secondary N) is 1. The Balaban J connectivity index is 1.86. The van der Waals surface area contributed by atoms with Crippen LogP contribution in [0.2, 0.25) is 5.02 Å². The first-order valence-electron chi connectivity index (χ1n) is 6.20. The van der Waals surface area contributed by atoms with Gasteiger partial charge in [0.1, 0.15) is 4.88 Å². The largest absolute Gasteiger partial charge is 0.346 e. The fourth-order valence-corrected chi connectivity index (χ4v) is 6.30. The van der Waals surface area contributed by atoms with Gasteiger partial charge in [-0.3, -0.25) is 4.79 Å². The second kappa shape index (κ2) is 5.43. The molecule has 0 aliphatic carbocycles. The van der Waals surface area contributed by atoms with Crippen LogP contribution in [0, 0.1) is 0 Å². The van der Waals surface area contributed by atoms with E-state index in [1.807, 2.05) is 24.3 Å². The van der Waals surface area contributed by atoms with Crippen molar-refractivity contribution in [2.24, 2.45) is 0 Å². The highest BCUT2D eigenvalue weighted by Crippen LogP contribution is 2.35. The van der Waals surface area contributed by atoms with E-state index in [4.69, 9.17) is 23.2 Å². The Bertz CT molecular complexity index is 816. The average molecular weight is 364 g/mol. The van der Waals surface area contributed by atoms with Crippen molar-refractivity contribution < 1.29 is 13.2 Å². The molecular formula is C13H11Cl2NO3S2. The first-order valence-corrected chi connectivity index (χ1v) is 9.65. The minimum absolute atomic E-state index is 0.111. The molecule has 3 rings (SSSR count). The topological polar surface area (TPSA) is 63.2 Å². The van der Waals surface area contributed by atoms with Gasteiger partial charge in [0.15, 0.2) is 9.84 Å². The SMILES string of the molecule is O=C(NC1CS(=O)(=O)CC1Cl)c1sc2ccccc2c1Cl. The van der Waals surface area contributed by atoms with Crippen molar-refractivity contribution in [3.05, 3.63) is 34.2 Å². The number of amides is 1. The Morgan fingerprint density at radius 1 is 1.29 bits per heavy atom. The summed E-state index contributed by atoms with van der Waals surface area (Å²) in [5, 5.41) is 3.28. The maximum Gasteiger partial charge on any atom is 0.263 e. The second-order valence-electron chi connectivity index (χ2n) is 4.91. The molecule has 8 heteroatoms. The van der Waals surface area contributed by atoms with Crippen LogP contribution in [0.15, 0.2) is 24.3 Å². The van der Waals surface area contributed by atoms with E-state index < -0.39 is 21.3 Å². The van der Waals surface area contributed by atoms with Crippen LogP contribution < -0.4 is 5.32 Å². The number of sulfone groups is 1. The Morgan fingerprint density at radius 3 is 2.62 bits per heavy atom. The van der Waals surface area contributed by atoms with Crippen molar-refractivity contribution >= 4 is 60.4 Å². The maximum atomic E-state index is 12.3. The smallest absolute Gasteiger partial charge is 0.263 e. The number of carbonyl (C=O) groups is 1. The van der Waals surface area contributed by atoms with Gasteiger partial charge in [-0.1, -0.05) is 29.8 Å². The van der Waals surface area contributed by atoms with E-state index in [1.165, 1.54) is 11.3 Å². The predicted octanol–water partition coefficient (Wildman–Crippen LogP) is 2.69. The quantitative estimate of drug-likeness (QED) is 0.834. The zero-order valence-corrected chi connectivity index (χ0v) is 13.8. The van der Waals surface area contributed by atoms with Gasteiger partial charge in [-0.05, 0) is 6.07 Å². The number of halogens is 2. The maximum absolute atomic E-state index is 12.3. The first-order chi connectivity index (χ1) is 9.87. The fraction of sp³-hybridized carbons (Fsp3) is 0.308. The average Bonchev–Trinajstić information content (AvgIpc) is 2.87. The summed E-state index contributed by atoms with van der Waals surface area (Å²) in [6, 6.07) is 6.86. The predicted molar refractivity (Wildman–Crippen MR) is 86.4 cm³/mol. The Labute approximate surface area is 136 Å². The molecule has 2 atom stereocenters. The van der Waals surface area contributed by atoms with Gasteiger partial charge in [-0.2, -0.15) is 0 Å². The van der Waals surface area contributed by atoms with Gasteiger partial charge in [0.25, 0.3) is 5.91 Å². The molecule has 2 aromatic rings. The Morgan fingerprint density at radius 2 is 2.00 bits per heavy atom. The number of hydrogen-bond acceptors (Lipinski definition) is 4. The lowest BCUT2D eigenvalue weighted by atomic mass is 10.2. The molecule has 1 fully saturated rings. The molecule has 1 aliphatic rings. The van der Waals surface area contributed by atoms with E-state index in [0.717, 1.165) is 10.1 Å². The molecular weight excluding hydrogens is 353 g/mol. The van der Waals surface area contributed by atoms with Crippen LogP contribution in [-0.4, -0.2) is 37.2 Å². The van der Waals surface area contributed by atoms with Crippen molar-refractivity contribution in [1.82, 2.24) is 5.32 Å². The van der Waals surface area contributed by atoms with Gasteiger partial charge in [-0.25, -0.2) is 8.42 Å². The van der Waals surface area contributed by atoms with Crippen molar-refractivity contribution in [3.63, 3.8) is 0 Å². The van der Waals surface area contributed by atoms with Crippen molar-refractivity contribution in [1.29, 1.82) is 0 Å². The van der Waals surface area contributed by atoms with Crippen LogP contribution in [0.1, 0.15) is 9.67 Å². The van der Waals surface area contributed by atoms with Crippen LogP contribution in [0.3, 0.4) is 0 Å². The van der Waals surface area contributed by atoms with Gasteiger partial charge < -0.3 is 5.32 Å². The Hall–Kier alpha value is -0.820. The number of benzene rings is 1.